The quantitative estimate of drug-likeness (QED) is 0.671. The zero-order chi connectivity index (χ0) is 11.4. The van der Waals surface area contributed by atoms with E-state index < -0.39 is 18.5 Å². The van der Waals surface area contributed by atoms with Crippen molar-refractivity contribution in [3.8, 4) is 0 Å². The van der Waals surface area contributed by atoms with Crippen molar-refractivity contribution >= 4 is 13.1 Å². The summed E-state index contributed by atoms with van der Waals surface area (Å²) in [5.74, 6) is 0. The molecule has 0 unspecified atom stereocenters. The highest BCUT2D eigenvalue weighted by atomic mass is 31.2. The summed E-state index contributed by atoms with van der Waals surface area (Å²) in [4.78, 5) is 11.8. The Balaban J connectivity index is 4.83. The Morgan fingerprint density at radius 1 is 1.14 bits per heavy atom. The molecule has 4 nitrogen and oxygen atoms in total. The summed E-state index contributed by atoms with van der Waals surface area (Å²) < 4.78 is 21.8. The van der Waals surface area contributed by atoms with E-state index in [1.807, 2.05) is 0 Å². The molecule has 0 N–H and O–H groups in total. The monoisotopic (exact) mass is 222 g/mol. The number of carbonyl (C=O) groups is 1. The Morgan fingerprint density at radius 2 is 1.50 bits per heavy atom. The molecule has 0 atom stereocenters. The average Bonchev–Trinajstić information content (AvgIpc) is 2.02. The number of hydrogen-bond acceptors (Lipinski definition) is 4. The molecular formula is C9H19O4P. The van der Waals surface area contributed by atoms with E-state index in [1.54, 1.807) is 34.6 Å². The third-order valence-corrected chi connectivity index (χ3v) is 3.85. The van der Waals surface area contributed by atoms with Gasteiger partial charge in [-0.1, -0.05) is 20.8 Å². The highest BCUT2D eigenvalue weighted by Gasteiger charge is 2.41. The Kier molecular flexibility index (Phi) is 4.99. The minimum atomic E-state index is -3.57. The normalized spacial score (nSPS) is 12.9. The van der Waals surface area contributed by atoms with Crippen LogP contribution in [0, 0.1) is 5.41 Å². The SMILES string of the molecule is CCOP(=O)(OCC)C(=O)C(C)(C)C. The van der Waals surface area contributed by atoms with E-state index in [-0.39, 0.29) is 13.2 Å². The molecule has 0 saturated carbocycles. The van der Waals surface area contributed by atoms with Crippen LogP contribution in [0.1, 0.15) is 34.6 Å². The molecule has 0 saturated heterocycles. The largest absolute Gasteiger partial charge is 0.397 e. The summed E-state index contributed by atoms with van der Waals surface area (Å²) in [6, 6.07) is 0. The first-order valence-electron chi connectivity index (χ1n) is 4.72. The fourth-order valence-corrected chi connectivity index (χ4v) is 2.72. The average molecular weight is 222 g/mol. The fraction of sp³-hybridized carbons (Fsp3) is 0.889. The van der Waals surface area contributed by atoms with Gasteiger partial charge in [0.15, 0.2) is 0 Å². The lowest BCUT2D eigenvalue weighted by Gasteiger charge is -2.23. The standard InChI is InChI=1S/C9H19O4P/c1-6-12-14(11,13-7-2)8(10)9(3,4)5/h6-7H2,1-5H3. The third-order valence-electron chi connectivity index (χ3n) is 1.49. The highest BCUT2D eigenvalue weighted by Crippen LogP contribution is 2.53. The minimum Gasteiger partial charge on any atom is -0.303 e. The maximum absolute atomic E-state index is 12.0. The molecule has 0 bridgehead atoms. The minimum absolute atomic E-state index is 0.207. The van der Waals surface area contributed by atoms with Crippen LogP contribution in [0.4, 0.5) is 0 Å². The topological polar surface area (TPSA) is 52.6 Å². The van der Waals surface area contributed by atoms with E-state index in [2.05, 4.69) is 0 Å². The molecule has 84 valence electrons. The van der Waals surface area contributed by atoms with E-state index in [4.69, 9.17) is 9.05 Å². The molecule has 0 aromatic heterocycles. The molecule has 0 aliphatic rings. The molecule has 0 spiro atoms. The van der Waals surface area contributed by atoms with Crippen molar-refractivity contribution in [3.63, 3.8) is 0 Å². The van der Waals surface area contributed by atoms with Crippen LogP contribution in [0.15, 0.2) is 0 Å². The first-order chi connectivity index (χ1) is 6.28. The number of carbonyl (C=O) groups excluding carboxylic acids is 1. The van der Waals surface area contributed by atoms with Crippen molar-refractivity contribution in [2.75, 3.05) is 13.2 Å². The summed E-state index contributed by atoms with van der Waals surface area (Å²) in [6.07, 6.45) is 0. The van der Waals surface area contributed by atoms with Gasteiger partial charge in [-0.25, -0.2) is 0 Å². The lowest BCUT2D eigenvalue weighted by Crippen LogP contribution is -2.22. The second-order valence-electron chi connectivity index (χ2n) is 3.89. The van der Waals surface area contributed by atoms with Gasteiger partial charge in [0, 0.05) is 5.41 Å². The van der Waals surface area contributed by atoms with Crippen LogP contribution in [0.25, 0.3) is 0 Å². The van der Waals surface area contributed by atoms with Gasteiger partial charge in [-0.05, 0) is 13.8 Å². The van der Waals surface area contributed by atoms with Gasteiger partial charge in [-0.2, -0.15) is 0 Å². The Morgan fingerprint density at radius 3 is 1.71 bits per heavy atom. The third kappa shape index (κ3) is 3.52. The Labute approximate surface area is 85.5 Å². The Hall–Kier alpha value is -0.180. The van der Waals surface area contributed by atoms with Crippen LogP contribution in [-0.2, 0) is 18.4 Å². The van der Waals surface area contributed by atoms with Crippen molar-refractivity contribution < 1.29 is 18.4 Å². The van der Waals surface area contributed by atoms with Gasteiger partial charge in [-0.15, -0.1) is 0 Å². The highest BCUT2D eigenvalue weighted by molar-refractivity contribution is 7.72. The van der Waals surface area contributed by atoms with Crippen LogP contribution in [-0.4, -0.2) is 18.7 Å². The lowest BCUT2D eigenvalue weighted by atomic mass is 10.00. The van der Waals surface area contributed by atoms with E-state index in [0.29, 0.717) is 0 Å². The summed E-state index contributed by atoms with van der Waals surface area (Å²) >= 11 is 0. The summed E-state index contributed by atoms with van der Waals surface area (Å²) in [7, 11) is -3.57. The Bertz CT molecular complexity index is 232. The van der Waals surface area contributed by atoms with Crippen LogP contribution < -0.4 is 0 Å². The van der Waals surface area contributed by atoms with Crippen molar-refractivity contribution in [2.45, 2.75) is 34.6 Å². The molecule has 0 aromatic carbocycles. The molecule has 0 amide bonds. The molecule has 0 radical (unpaired) electrons. The number of rotatable bonds is 5. The van der Waals surface area contributed by atoms with Crippen LogP contribution in [0.5, 0.6) is 0 Å². The van der Waals surface area contributed by atoms with Crippen LogP contribution >= 0.6 is 7.60 Å². The van der Waals surface area contributed by atoms with Gasteiger partial charge in [0.05, 0.1) is 13.2 Å². The smallest absolute Gasteiger partial charge is 0.303 e. The van der Waals surface area contributed by atoms with Crippen molar-refractivity contribution in [3.05, 3.63) is 0 Å². The zero-order valence-corrected chi connectivity index (χ0v) is 10.4. The second-order valence-corrected chi connectivity index (χ2v) is 5.81. The van der Waals surface area contributed by atoms with Gasteiger partial charge < -0.3 is 9.05 Å². The first kappa shape index (κ1) is 13.8. The molecule has 0 aromatic rings. The zero-order valence-electron chi connectivity index (χ0n) is 9.49. The van der Waals surface area contributed by atoms with Gasteiger partial charge in [0.1, 0.15) is 0 Å². The molecule has 5 heteroatoms. The summed E-state index contributed by atoms with van der Waals surface area (Å²) in [5.41, 5.74) is -1.17. The predicted octanol–water partition coefficient (Wildman–Crippen LogP) is 2.83. The fourth-order valence-electron chi connectivity index (χ4n) is 0.905. The summed E-state index contributed by atoms with van der Waals surface area (Å²) in [5, 5.41) is 0. The maximum Gasteiger partial charge on any atom is 0.397 e. The summed E-state index contributed by atoms with van der Waals surface area (Å²) in [6.45, 7) is 8.86. The second kappa shape index (κ2) is 5.06. The molecule has 0 aliphatic heterocycles. The van der Waals surface area contributed by atoms with E-state index in [1.165, 1.54) is 0 Å². The van der Waals surface area contributed by atoms with Crippen molar-refractivity contribution in [1.29, 1.82) is 0 Å². The maximum atomic E-state index is 12.0. The molecule has 14 heavy (non-hydrogen) atoms. The van der Waals surface area contributed by atoms with Gasteiger partial charge >= 0.3 is 7.60 Å². The van der Waals surface area contributed by atoms with Crippen LogP contribution in [0.3, 0.4) is 0 Å². The van der Waals surface area contributed by atoms with E-state index in [0.717, 1.165) is 0 Å². The van der Waals surface area contributed by atoms with Gasteiger partial charge in [-0.3, -0.25) is 9.36 Å². The van der Waals surface area contributed by atoms with Gasteiger partial charge in [0.2, 0.25) is 5.52 Å². The molecule has 0 fully saturated rings. The molecule has 0 rings (SSSR count). The van der Waals surface area contributed by atoms with Crippen LogP contribution in [0.2, 0.25) is 0 Å². The molecular weight excluding hydrogens is 203 g/mol. The van der Waals surface area contributed by atoms with Gasteiger partial charge in [0.25, 0.3) is 0 Å². The van der Waals surface area contributed by atoms with E-state index >= 15 is 0 Å². The van der Waals surface area contributed by atoms with Crippen molar-refractivity contribution in [1.82, 2.24) is 0 Å². The first-order valence-corrected chi connectivity index (χ1v) is 6.26. The lowest BCUT2D eigenvalue weighted by molar-refractivity contribution is -0.120. The van der Waals surface area contributed by atoms with Crippen molar-refractivity contribution in [2.24, 2.45) is 5.41 Å². The molecule has 0 heterocycles. The predicted molar refractivity (Wildman–Crippen MR) is 55.3 cm³/mol. The molecule has 0 aliphatic carbocycles. The van der Waals surface area contributed by atoms with E-state index in [9.17, 15) is 9.36 Å². The number of hydrogen-bond donors (Lipinski definition) is 0.